The maximum absolute atomic E-state index is 16.8. The number of aryl methyl sites for hydroxylation is 1. The maximum Gasteiger partial charge on any atom is 0.319 e. The van der Waals surface area contributed by atoms with Crippen LogP contribution in [0.4, 0.5) is 20.3 Å². The Labute approximate surface area is 543 Å². The van der Waals surface area contributed by atoms with Crippen LogP contribution in [0.2, 0.25) is 0 Å². The summed E-state index contributed by atoms with van der Waals surface area (Å²) in [7, 11) is 3.65. The Morgan fingerprint density at radius 1 is 0.912 bits per heavy atom. The molecule has 4 fully saturated rings. The Morgan fingerprint density at radius 3 is 2.30 bits per heavy atom. The number of methoxy groups -OCH3 is 1. The van der Waals surface area contributed by atoms with Crippen LogP contribution in [0.5, 0.6) is 11.8 Å². The molecule has 4 saturated heterocycles. The summed E-state index contributed by atoms with van der Waals surface area (Å²) < 4.78 is 43.5. The number of aldehydes is 1. The van der Waals surface area contributed by atoms with Crippen molar-refractivity contribution in [2.24, 2.45) is 29.6 Å². The standard InChI is InChI=1S/C35H37F2N5O3.C27H46N2O.C11H20O2.C2H4O/c1-4-25-28(36)9-8-22-15-24(43)16-26(29(22)25)31-30(37)32-27(17-38-31)33(41-13-5-7-21(2)18-41)40-34(39-32)45-20-35-11-6-14-42(35)23(10-12-35)19-44-3;1-7-10-23(13-11-21(4)8-2)20-29-17-15-24(16-18-29)25-14-12-22(5)26(19-25)28(6)27(30)9-3;1-5-8(2)11(13)9(3)6-7-10(4)12;1-2-3/h1,8-9,15-17,21,23,43H,5-7,10-14,18-20H2,2-3H3;12,14,19,21,23-24H,7-11,13,15-18,20H2,1-6H3;8-9H,5-7H2,1-4H3;2H,1H3/t21?,23-,35?;;;/m1.../s1. The Bertz CT molecular complexity index is 3250. The van der Waals surface area contributed by atoms with E-state index < -0.39 is 11.6 Å². The third-order valence-corrected chi connectivity index (χ3v) is 19.7. The van der Waals surface area contributed by atoms with Crippen molar-refractivity contribution in [2.45, 2.75) is 203 Å². The van der Waals surface area contributed by atoms with Crippen molar-refractivity contribution in [1.82, 2.24) is 24.8 Å². The van der Waals surface area contributed by atoms with E-state index in [0.29, 0.717) is 78.1 Å². The number of Topliss-reactive ketones (excluding diaryl/α,β-unsaturated/α-hetero) is 2. The zero-order chi connectivity index (χ0) is 66.5. The van der Waals surface area contributed by atoms with Crippen molar-refractivity contribution in [1.29, 1.82) is 0 Å². The van der Waals surface area contributed by atoms with Gasteiger partial charge in [-0.3, -0.25) is 19.5 Å². The number of pyridine rings is 1. The van der Waals surface area contributed by atoms with Gasteiger partial charge in [-0.1, -0.05) is 98.8 Å². The highest BCUT2D eigenvalue weighted by Crippen LogP contribution is 2.44. The molecule has 5 aromatic rings. The summed E-state index contributed by atoms with van der Waals surface area (Å²) in [5.74, 6) is 5.15. The van der Waals surface area contributed by atoms with Gasteiger partial charge in [0, 0.05) is 87.3 Å². The molecule has 0 aliphatic carbocycles. The molecule has 4 aliphatic rings. The predicted molar refractivity (Wildman–Crippen MR) is 365 cm³/mol. The molecule has 2 aromatic heterocycles. The second kappa shape index (κ2) is 35.6. The third kappa shape index (κ3) is 19.3. The number of benzene rings is 3. The molecular formula is C75H107F2N7O7. The molecular weight excluding hydrogens is 1150 g/mol. The average Bonchev–Trinajstić information content (AvgIpc) is 1.30. The quantitative estimate of drug-likeness (QED) is 0.0460. The number of hydrogen-bond donors (Lipinski definition) is 1. The van der Waals surface area contributed by atoms with Crippen LogP contribution >= 0.6 is 0 Å². The number of rotatable bonds is 24. The first-order valence-electron chi connectivity index (χ1n) is 34.0. The summed E-state index contributed by atoms with van der Waals surface area (Å²) in [5, 5.41) is 11.8. The van der Waals surface area contributed by atoms with Crippen LogP contribution < -0.4 is 14.5 Å². The molecule has 0 radical (unpaired) electrons. The molecule has 3 aromatic carbocycles. The molecule has 14 nitrogen and oxygen atoms in total. The topological polar surface area (TPSA) is 159 Å². The number of likely N-dealkylation sites (tertiary alicyclic amines) is 1. The first-order chi connectivity index (χ1) is 43.6. The highest BCUT2D eigenvalue weighted by molar-refractivity contribution is 6.03. The minimum Gasteiger partial charge on any atom is -0.508 e. The van der Waals surface area contributed by atoms with Crippen molar-refractivity contribution in [3.8, 4) is 35.4 Å². The van der Waals surface area contributed by atoms with E-state index in [2.05, 4.69) is 83.4 Å². The number of aromatic nitrogens is 3. The lowest BCUT2D eigenvalue weighted by Gasteiger charge is -2.35. The highest BCUT2D eigenvalue weighted by atomic mass is 19.1. The number of ketones is 2. The molecule has 16 heteroatoms. The molecule has 6 heterocycles. The summed E-state index contributed by atoms with van der Waals surface area (Å²) in [4.78, 5) is 66.5. The lowest BCUT2D eigenvalue weighted by atomic mass is 9.87. The van der Waals surface area contributed by atoms with E-state index >= 15 is 4.39 Å². The van der Waals surface area contributed by atoms with E-state index in [4.69, 9.17) is 25.7 Å². The summed E-state index contributed by atoms with van der Waals surface area (Å²) in [6.07, 6.45) is 26.1. The van der Waals surface area contributed by atoms with Gasteiger partial charge in [0.05, 0.1) is 23.1 Å². The normalized spacial score (nSPS) is 19.7. The van der Waals surface area contributed by atoms with Gasteiger partial charge in [0.1, 0.15) is 53.1 Å². The minimum atomic E-state index is -0.716. The zero-order valence-electron chi connectivity index (χ0n) is 57.3. The number of hydrogen-bond acceptors (Lipinski definition) is 13. The maximum atomic E-state index is 16.8. The van der Waals surface area contributed by atoms with Gasteiger partial charge in [-0.2, -0.15) is 9.97 Å². The second-order valence-electron chi connectivity index (χ2n) is 26.6. The number of fused-ring (bicyclic) bond motifs is 3. The summed E-state index contributed by atoms with van der Waals surface area (Å²) in [5.41, 5.74) is 3.67. The number of halogens is 2. The van der Waals surface area contributed by atoms with E-state index in [0.717, 1.165) is 88.4 Å². The van der Waals surface area contributed by atoms with Crippen LogP contribution in [0.3, 0.4) is 0 Å². The number of nitrogens with zero attached hydrogens (tertiary/aromatic N) is 7. The predicted octanol–water partition coefficient (Wildman–Crippen LogP) is 15.7. The third-order valence-electron chi connectivity index (χ3n) is 19.7. The van der Waals surface area contributed by atoms with E-state index in [-0.39, 0.29) is 63.2 Å². The number of ether oxygens (including phenoxy) is 2. The van der Waals surface area contributed by atoms with Crippen molar-refractivity contribution in [2.75, 3.05) is 76.4 Å². The van der Waals surface area contributed by atoms with Gasteiger partial charge < -0.3 is 38.9 Å². The molecule has 7 atom stereocenters. The number of aromatic hydroxyl groups is 1. The lowest BCUT2D eigenvalue weighted by Crippen LogP contribution is -2.47. The first-order valence-corrected chi connectivity index (χ1v) is 34.0. The smallest absolute Gasteiger partial charge is 0.319 e. The number of phenolic OH excluding ortho intramolecular Hbond substituents is 1. The second-order valence-corrected chi connectivity index (χ2v) is 26.6. The Hall–Kier alpha value is -6.41. The average molecular weight is 1260 g/mol. The monoisotopic (exact) mass is 1260 g/mol. The van der Waals surface area contributed by atoms with Crippen LogP contribution in [0, 0.1) is 60.5 Å². The number of carbonyl (C=O) groups is 4. The van der Waals surface area contributed by atoms with Gasteiger partial charge in [0.25, 0.3) is 0 Å². The van der Waals surface area contributed by atoms with Gasteiger partial charge in [-0.25, -0.2) is 8.78 Å². The van der Waals surface area contributed by atoms with Crippen LogP contribution in [0.1, 0.15) is 201 Å². The Kier molecular flexibility index (Phi) is 28.8. The SMILES string of the molecule is C#Cc1c(F)ccc2cc(O)cc(-c3ncc4c(N5CCCC(C)C5)nc(OCC56CCCN5[C@@H](COC)CC6)nc4c3F)c12.CC=O.CCC(C)C(=O)C(C)CCC(C)=O.CCCC(CCC(C)CC)CN1CCC(c2ccc(C)c(N(C)C(=O)CC)c2)CC1. The van der Waals surface area contributed by atoms with Gasteiger partial charge in [0.2, 0.25) is 5.91 Å². The number of anilines is 2. The number of carbonyl (C=O) groups excluding carboxylic acids is 4. The summed E-state index contributed by atoms with van der Waals surface area (Å²) >= 11 is 0. The molecule has 4 aliphatic heterocycles. The van der Waals surface area contributed by atoms with Crippen molar-refractivity contribution in [3.63, 3.8) is 0 Å². The number of terminal acetylenes is 1. The number of phenols is 1. The Morgan fingerprint density at radius 2 is 1.65 bits per heavy atom. The van der Waals surface area contributed by atoms with Crippen LogP contribution in [0.25, 0.3) is 32.9 Å². The first kappa shape index (κ1) is 73.6. The fourth-order valence-electron chi connectivity index (χ4n) is 14.0. The zero-order valence-corrected chi connectivity index (χ0v) is 57.3. The van der Waals surface area contributed by atoms with Gasteiger partial charge in [-0.15, -0.1) is 6.42 Å². The molecule has 91 heavy (non-hydrogen) atoms. The van der Waals surface area contributed by atoms with E-state index in [1.54, 1.807) is 20.2 Å². The molecule has 9 rings (SSSR count). The number of piperidine rings is 2. The minimum absolute atomic E-state index is 0.0257. The van der Waals surface area contributed by atoms with E-state index in [1.807, 2.05) is 39.6 Å². The molecule has 0 bridgehead atoms. The fraction of sp³-hybridized carbons (Fsp3) is 0.613. The van der Waals surface area contributed by atoms with E-state index in [1.165, 1.54) is 107 Å². The van der Waals surface area contributed by atoms with E-state index in [9.17, 15) is 23.9 Å². The van der Waals surface area contributed by atoms with Crippen molar-refractivity contribution >= 4 is 56.9 Å². The molecule has 0 spiro atoms. The van der Waals surface area contributed by atoms with Crippen LogP contribution in [0.15, 0.2) is 48.7 Å². The largest absolute Gasteiger partial charge is 0.508 e. The van der Waals surface area contributed by atoms with Gasteiger partial charge in [0.15, 0.2) is 5.82 Å². The van der Waals surface area contributed by atoms with Crippen LogP contribution in [-0.2, 0) is 23.9 Å². The fourth-order valence-corrected chi connectivity index (χ4v) is 14.0. The van der Waals surface area contributed by atoms with Crippen LogP contribution in [-0.4, -0.2) is 132 Å². The summed E-state index contributed by atoms with van der Waals surface area (Å²) in [6.45, 7) is 29.5. The molecule has 1 amide bonds. The number of amides is 1. The van der Waals surface area contributed by atoms with Gasteiger partial charge in [-0.05, 0) is 182 Å². The van der Waals surface area contributed by atoms with Gasteiger partial charge >= 0.3 is 6.01 Å². The Balaban J connectivity index is 0.000000246. The van der Waals surface area contributed by atoms with Crippen molar-refractivity contribution < 1.29 is 42.5 Å². The molecule has 6 unspecified atom stereocenters. The summed E-state index contributed by atoms with van der Waals surface area (Å²) in [6, 6.07) is 12.8. The molecule has 1 N–H and O–H groups in total. The molecule has 498 valence electrons. The highest BCUT2D eigenvalue weighted by Gasteiger charge is 2.50. The van der Waals surface area contributed by atoms with Crippen molar-refractivity contribution in [3.05, 3.63) is 77.0 Å². The lowest BCUT2D eigenvalue weighted by molar-refractivity contribution is -0.126. The molecule has 0 saturated carbocycles.